The van der Waals surface area contributed by atoms with Crippen LogP contribution in [0.2, 0.25) is 0 Å². The van der Waals surface area contributed by atoms with Crippen molar-refractivity contribution in [3.8, 4) is 17.0 Å². The molecule has 1 aliphatic heterocycles. The van der Waals surface area contributed by atoms with E-state index in [0.29, 0.717) is 28.4 Å². The van der Waals surface area contributed by atoms with Gasteiger partial charge >= 0.3 is 0 Å². The van der Waals surface area contributed by atoms with Gasteiger partial charge in [-0.15, -0.1) is 0 Å². The zero-order chi connectivity index (χ0) is 22.3. The molecule has 1 aliphatic rings. The Hall–Kier alpha value is -3.39. The molecule has 0 spiro atoms. The Morgan fingerprint density at radius 3 is 2.52 bits per heavy atom. The molecule has 0 unspecified atom stereocenters. The van der Waals surface area contributed by atoms with Gasteiger partial charge < -0.3 is 14.7 Å². The Morgan fingerprint density at radius 1 is 1.16 bits per heavy atom. The number of nitrogens with zero attached hydrogens (tertiary/aromatic N) is 2. The Labute approximate surface area is 176 Å². The third-order valence-electron chi connectivity index (χ3n) is 5.20. The fraction of sp³-hybridized carbons (Fsp3) is 0.217. The first-order valence-corrected chi connectivity index (χ1v) is 9.51. The van der Waals surface area contributed by atoms with E-state index in [9.17, 15) is 23.1 Å². The summed E-state index contributed by atoms with van der Waals surface area (Å²) in [6, 6.07) is 9.91. The first kappa shape index (κ1) is 20.9. The average Bonchev–Trinajstić information content (AvgIpc) is 3.05. The third-order valence-corrected chi connectivity index (χ3v) is 5.20. The summed E-state index contributed by atoms with van der Waals surface area (Å²) in [5, 5.41) is 10.1. The molecule has 5 nitrogen and oxygen atoms in total. The van der Waals surface area contributed by atoms with Crippen LogP contribution in [0.1, 0.15) is 35.3 Å². The number of alkyl halides is 1. The Bertz CT molecular complexity index is 1160. The van der Waals surface area contributed by atoms with Crippen molar-refractivity contribution >= 4 is 11.6 Å². The van der Waals surface area contributed by atoms with Crippen LogP contribution >= 0.6 is 0 Å². The van der Waals surface area contributed by atoms with Crippen LogP contribution in [-0.4, -0.2) is 22.9 Å². The maximum Gasteiger partial charge on any atom is 0.259 e. The van der Waals surface area contributed by atoms with Crippen molar-refractivity contribution in [1.29, 1.82) is 0 Å². The van der Waals surface area contributed by atoms with E-state index in [2.05, 4.69) is 4.98 Å². The summed E-state index contributed by atoms with van der Waals surface area (Å²) >= 11 is 0. The number of pyridine rings is 1. The van der Waals surface area contributed by atoms with E-state index in [1.54, 1.807) is 38.1 Å². The summed E-state index contributed by atoms with van der Waals surface area (Å²) in [6.07, 6.45) is 1.34. The van der Waals surface area contributed by atoms with Crippen LogP contribution in [0.25, 0.3) is 11.3 Å². The number of rotatable bonds is 5. The second kappa shape index (κ2) is 7.70. The summed E-state index contributed by atoms with van der Waals surface area (Å²) in [5.74, 6) is -2.53. The highest BCUT2D eigenvalue weighted by Crippen LogP contribution is 2.39. The van der Waals surface area contributed by atoms with Gasteiger partial charge in [0.15, 0.2) is 0 Å². The minimum Gasteiger partial charge on any atom is -0.462 e. The fourth-order valence-corrected chi connectivity index (χ4v) is 3.65. The molecule has 1 N–H and O–H groups in total. The van der Waals surface area contributed by atoms with E-state index < -0.39 is 24.1 Å². The highest BCUT2D eigenvalue weighted by atomic mass is 19.1. The lowest BCUT2D eigenvalue weighted by Gasteiger charge is -2.20. The SMILES string of the molecule is CC(C)(O)c1ccc(N2Cc3c(ccnc3-c3c(F)cc(F)cc3OCF)C2=O)cc1. The van der Waals surface area contributed by atoms with Crippen LogP contribution in [0, 0.1) is 11.6 Å². The normalized spacial score (nSPS) is 13.5. The van der Waals surface area contributed by atoms with Crippen LogP contribution in [0.15, 0.2) is 48.7 Å². The average molecular weight is 428 g/mol. The zero-order valence-corrected chi connectivity index (χ0v) is 16.8. The molecular weight excluding hydrogens is 409 g/mol. The van der Waals surface area contributed by atoms with Gasteiger partial charge in [-0.3, -0.25) is 9.78 Å². The molecule has 2 aromatic carbocycles. The lowest BCUT2D eigenvalue weighted by Crippen LogP contribution is -2.23. The highest BCUT2D eigenvalue weighted by Gasteiger charge is 2.33. The maximum absolute atomic E-state index is 14.7. The molecule has 0 bridgehead atoms. The quantitative estimate of drug-likeness (QED) is 0.639. The molecule has 0 saturated heterocycles. The highest BCUT2D eigenvalue weighted by molar-refractivity contribution is 6.11. The van der Waals surface area contributed by atoms with Crippen molar-refractivity contribution in [2.75, 3.05) is 11.8 Å². The molecule has 0 fully saturated rings. The van der Waals surface area contributed by atoms with E-state index in [4.69, 9.17) is 4.74 Å². The second-order valence-electron chi connectivity index (χ2n) is 7.70. The number of hydrogen-bond donors (Lipinski definition) is 1. The number of benzene rings is 2. The minimum absolute atomic E-state index is 0.0856. The monoisotopic (exact) mass is 428 g/mol. The van der Waals surface area contributed by atoms with Gasteiger partial charge in [0.05, 0.1) is 23.4 Å². The summed E-state index contributed by atoms with van der Waals surface area (Å²) in [6.45, 7) is 2.13. The number of anilines is 1. The zero-order valence-electron chi connectivity index (χ0n) is 16.8. The number of ether oxygens (including phenoxy) is 1. The summed E-state index contributed by atoms with van der Waals surface area (Å²) in [5.41, 5.74) is 0.856. The first-order chi connectivity index (χ1) is 14.7. The predicted molar refractivity (Wildman–Crippen MR) is 108 cm³/mol. The Kier molecular flexibility index (Phi) is 5.18. The van der Waals surface area contributed by atoms with Gasteiger partial charge in [-0.1, -0.05) is 12.1 Å². The van der Waals surface area contributed by atoms with Crippen molar-refractivity contribution in [2.24, 2.45) is 0 Å². The van der Waals surface area contributed by atoms with E-state index in [1.165, 1.54) is 17.2 Å². The van der Waals surface area contributed by atoms with Gasteiger partial charge in [-0.2, -0.15) is 0 Å². The van der Waals surface area contributed by atoms with Gasteiger partial charge in [0, 0.05) is 35.1 Å². The molecule has 1 amide bonds. The third kappa shape index (κ3) is 3.74. The number of fused-ring (bicyclic) bond motifs is 1. The van der Waals surface area contributed by atoms with E-state index in [-0.39, 0.29) is 29.5 Å². The van der Waals surface area contributed by atoms with Crippen LogP contribution < -0.4 is 9.64 Å². The summed E-state index contributed by atoms with van der Waals surface area (Å²) < 4.78 is 45.9. The number of amides is 1. The van der Waals surface area contributed by atoms with Crippen molar-refractivity contribution in [2.45, 2.75) is 26.0 Å². The second-order valence-corrected chi connectivity index (χ2v) is 7.70. The number of carbonyl (C=O) groups is 1. The number of hydrogen-bond acceptors (Lipinski definition) is 4. The van der Waals surface area contributed by atoms with E-state index in [0.717, 1.165) is 6.07 Å². The van der Waals surface area contributed by atoms with Gasteiger partial charge in [0.1, 0.15) is 17.4 Å². The molecule has 0 aliphatic carbocycles. The first-order valence-electron chi connectivity index (χ1n) is 9.51. The smallest absolute Gasteiger partial charge is 0.259 e. The van der Waals surface area contributed by atoms with Crippen LogP contribution in [-0.2, 0) is 12.1 Å². The van der Waals surface area contributed by atoms with Gasteiger partial charge in [0.2, 0.25) is 6.86 Å². The molecule has 31 heavy (non-hydrogen) atoms. The van der Waals surface area contributed by atoms with Crippen LogP contribution in [0.3, 0.4) is 0 Å². The topological polar surface area (TPSA) is 62.7 Å². The number of halogens is 3. The largest absolute Gasteiger partial charge is 0.462 e. The van der Waals surface area contributed by atoms with Gasteiger partial charge in [-0.25, -0.2) is 13.2 Å². The van der Waals surface area contributed by atoms with Crippen molar-refractivity contribution in [3.05, 3.63) is 77.0 Å². The number of aliphatic hydroxyl groups is 1. The molecule has 8 heteroatoms. The maximum atomic E-state index is 14.7. The van der Waals surface area contributed by atoms with Crippen molar-refractivity contribution in [3.63, 3.8) is 0 Å². The van der Waals surface area contributed by atoms with Crippen molar-refractivity contribution in [1.82, 2.24) is 4.98 Å². The molecule has 3 aromatic rings. The fourth-order valence-electron chi connectivity index (χ4n) is 3.65. The predicted octanol–water partition coefficient (Wildman–Crippen LogP) is 4.72. The summed E-state index contributed by atoms with van der Waals surface area (Å²) in [4.78, 5) is 18.7. The molecular formula is C23H19F3N2O3. The van der Waals surface area contributed by atoms with Gasteiger partial charge in [0.25, 0.3) is 5.91 Å². The molecule has 2 heterocycles. The Morgan fingerprint density at radius 2 is 1.87 bits per heavy atom. The lowest BCUT2D eigenvalue weighted by molar-refractivity contribution is 0.0786. The molecule has 160 valence electrons. The minimum atomic E-state index is -1.27. The molecule has 0 saturated carbocycles. The van der Waals surface area contributed by atoms with E-state index >= 15 is 0 Å². The lowest BCUT2D eigenvalue weighted by atomic mass is 9.98. The number of carbonyl (C=O) groups excluding carboxylic acids is 1. The molecule has 0 atom stereocenters. The number of aromatic nitrogens is 1. The van der Waals surface area contributed by atoms with Crippen molar-refractivity contribution < 1.29 is 27.8 Å². The molecule has 0 radical (unpaired) electrons. The van der Waals surface area contributed by atoms with E-state index in [1.807, 2.05) is 0 Å². The summed E-state index contributed by atoms with van der Waals surface area (Å²) in [7, 11) is 0. The van der Waals surface area contributed by atoms with Crippen LogP contribution in [0.5, 0.6) is 5.75 Å². The molecule has 4 rings (SSSR count). The van der Waals surface area contributed by atoms with Crippen LogP contribution in [0.4, 0.5) is 18.9 Å². The Balaban J connectivity index is 1.77. The standard InChI is InChI=1S/C23H19F3N2O3/c1-23(2,30)13-3-5-15(6-4-13)28-11-17-16(22(28)29)7-8-27-21(17)20-18(26)9-14(25)10-19(20)31-12-24/h3-10,30H,11-12H2,1-2H3. The van der Waals surface area contributed by atoms with Gasteiger partial charge in [-0.05, 0) is 37.6 Å². The molecule has 1 aromatic heterocycles.